The fourth-order valence-electron chi connectivity index (χ4n) is 3.38. The van der Waals surface area contributed by atoms with E-state index in [4.69, 9.17) is 9.47 Å². The quantitative estimate of drug-likeness (QED) is 0.264. The first-order valence-electron chi connectivity index (χ1n) is 12.3. The Hall–Kier alpha value is -1.59. The Bertz CT molecular complexity index is 572. The van der Waals surface area contributed by atoms with Crippen LogP contribution in [0.15, 0.2) is 0 Å². The van der Waals surface area contributed by atoms with E-state index in [1.54, 1.807) is 0 Å². The molecular weight excluding hydrogens is 406 g/mol. The highest BCUT2D eigenvalue weighted by molar-refractivity contribution is 5.84. The molecule has 0 aliphatic rings. The van der Waals surface area contributed by atoms with E-state index in [9.17, 15) is 14.4 Å². The molecule has 2 atom stereocenters. The third kappa shape index (κ3) is 16.1. The number of amides is 1. The molecule has 32 heavy (non-hydrogen) atoms. The largest absolute Gasteiger partial charge is 0.464 e. The van der Waals surface area contributed by atoms with Gasteiger partial charge in [0.2, 0.25) is 5.91 Å². The Morgan fingerprint density at radius 3 is 1.84 bits per heavy atom. The van der Waals surface area contributed by atoms with Crippen LogP contribution in [0.25, 0.3) is 0 Å². The van der Waals surface area contributed by atoms with Crippen LogP contribution >= 0.6 is 0 Å². The summed E-state index contributed by atoms with van der Waals surface area (Å²) < 4.78 is 10.6. The molecule has 0 aliphatic carbocycles. The fourth-order valence-corrected chi connectivity index (χ4v) is 3.38. The van der Waals surface area contributed by atoms with Crippen LogP contribution in [0.2, 0.25) is 0 Å². The molecule has 0 unspecified atom stereocenters. The zero-order valence-corrected chi connectivity index (χ0v) is 22.1. The van der Waals surface area contributed by atoms with Gasteiger partial charge in [-0.1, -0.05) is 73.1 Å². The highest BCUT2D eigenvalue weighted by Gasteiger charge is 2.31. The van der Waals surface area contributed by atoms with Crippen LogP contribution in [0.3, 0.4) is 0 Å². The summed E-state index contributed by atoms with van der Waals surface area (Å²) in [5, 5.41) is 3.03. The third-order valence-corrected chi connectivity index (χ3v) is 5.35. The summed E-state index contributed by atoms with van der Waals surface area (Å²) in [4.78, 5) is 36.8. The van der Waals surface area contributed by atoms with Crippen molar-refractivity contribution >= 4 is 17.8 Å². The number of esters is 2. The smallest absolute Gasteiger partial charge is 0.307 e. The number of rotatable bonds is 14. The van der Waals surface area contributed by atoms with Crippen molar-refractivity contribution < 1.29 is 23.9 Å². The third-order valence-electron chi connectivity index (χ3n) is 5.35. The summed E-state index contributed by atoms with van der Waals surface area (Å²) in [6.45, 7) is 17.4. The monoisotopic (exact) mass is 455 g/mol. The second-order valence-corrected chi connectivity index (χ2v) is 11.5. The van der Waals surface area contributed by atoms with Crippen molar-refractivity contribution in [3.63, 3.8) is 0 Å². The van der Waals surface area contributed by atoms with Crippen LogP contribution in [0, 0.1) is 17.3 Å². The van der Waals surface area contributed by atoms with Gasteiger partial charge in [0.15, 0.2) is 0 Å². The van der Waals surface area contributed by atoms with Gasteiger partial charge >= 0.3 is 11.9 Å². The summed E-state index contributed by atoms with van der Waals surface area (Å²) in [5.74, 6) is -0.636. The van der Waals surface area contributed by atoms with Crippen LogP contribution in [0.1, 0.15) is 114 Å². The second-order valence-electron chi connectivity index (χ2n) is 11.5. The Morgan fingerprint density at radius 1 is 0.844 bits per heavy atom. The van der Waals surface area contributed by atoms with Crippen molar-refractivity contribution in [1.29, 1.82) is 0 Å². The van der Waals surface area contributed by atoms with Crippen molar-refractivity contribution in [2.24, 2.45) is 17.3 Å². The number of nitrogens with one attached hydrogen (secondary N) is 1. The average molecular weight is 456 g/mol. The number of ether oxygens (including phenoxy) is 2. The highest BCUT2D eigenvalue weighted by atomic mass is 16.6. The van der Waals surface area contributed by atoms with E-state index in [1.165, 1.54) is 26.2 Å². The lowest BCUT2D eigenvalue weighted by Gasteiger charge is -2.32. The number of hydrogen-bond donors (Lipinski definition) is 1. The molecule has 0 rings (SSSR count). The molecule has 0 heterocycles. The fraction of sp³-hybridized carbons (Fsp3) is 0.885. The predicted molar refractivity (Wildman–Crippen MR) is 129 cm³/mol. The van der Waals surface area contributed by atoms with Crippen molar-refractivity contribution in [1.82, 2.24) is 5.32 Å². The van der Waals surface area contributed by atoms with E-state index in [2.05, 4.69) is 19.2 Å². The van der Waals surface area contributed by atoms with E-state index < -0.39 is 11.5 Å². The number of hydrogen-bond acceptors (Lipinski definition) is 5. The Kier molecular flexibility index (Phi) is 13.8. The first kappa shape index (κ1) is 30.4. The lowest BCUT2D eigenvalue weighted by Crippen LogP contribution is -2.49. The maximum atomic E-state index is 13.1. The molecule has 6 nitrogen and oxygen atoms in total. The molecule has 0 saturated heterocycles. The normalized spacial score (nSPS) is 14.1. The van der Waals surface area contributed by atoms with Crippen LogP contribution in [0.4, 0.5) is 0 Å². The molecule has 0 aromatic carbocycles. The minimum absolute atomic E-state index is 0.0564. The SMILES string of the molecule is CC(=O)OC[C@@H](NC(=O)[C@H](CCCCCCCC(C)C)CC(=O)OC(C)(C)C)C(C)(C)C. The molecule has 0 fully saturated rings. The predicted octanol–water partition coefficient (Wildman–Crippen LogP) is 5.82. The Morgan fingerprint density at radius 2 is 1.38 bits per heavy atom. The van der Waals surface area contributed by atoms with Crippen LogP contribution in [-0.2, 0) is 23.9 Å². The van der Waals surface area contributed by atoms with Gasteiger partial charge in [-0.15, -0.1) is 0 Å². The molecule has 0 spiro atoms. The summed E-state index contributed by atoms with van der Waals surface area (Å²) in [7, 11) is 0. The lowest BCUT2D eigenvalue weighted by atomic mass is 9.86. The molecule has 1 amide bonds. The zero-order valence-electron chi connectivity index (χ0n) is 22.1. The van der Waals surface area contributed by atoms with Crippen molar-refractivity contribution in [3.05, 3.63) is 0 Å². The van der Waals surface area contributed by atoms with Gasteiger partial charge in [-0.25, -0.2) is 0 Å². The lowest BCUT2D eigenvalue weighted by molar-refractivity contribution is -0.157. The molecule has 6 heteroatoms. The standard InChI is InChI=1S/C26H49NO5/c1-19(2)15-13-11-10-12-14-16-21(17-23(29)32-26(7,8)9)24(30)27-22(25(4,5)6)18-31-20(3)28/h19,21-22H,10-18H2,1-9H3,(H,27,30)/t21-,22-/m1/s1. The van der Waals surface area contributed by atoms with Gasteiger partial charge < -0.3 is 14.8 Å². The van der Waals surface area contributed by atoms with Gasteiger partial charge in [0.25, 0.3) is 0 Å². The first-order valence-corrected chi connectivity index (χ1v) is 12.3. The summed E-state index contributed by atoms with van der Waals surface area (Å²) in [6.07, 6.45) is 7.48. The molecule has 188 valence electrons. The molecule has 0 saturated carbocycles. The van der Waals surface area contributed by atoms with Crippen molar-refractivity contribution in [2.45, 2.75) is 125 Å². The average Bonchev–Trinajstić information content (AvgIpc) is 2.60. The molecule has 1 N–H and O–H groups in total. The molecule has 0 radical (unpaired) electrons. The Labute approximate surface area is 196 Å². The van der Waals surface area contributed by atoms with E-state index in [1.807, 2.05) is 41.5 Å². The Balaban J connectivity index is 4.99. The minimum atomic E-state index is -0.586. The number of unbranched alkanes of at least 4 members (excludes halogenated alkanes) is 4. The second kappa shape index (κ2) is 14.5. The topological polar surface area (TPSA) is 81.7 Å². The van der Waals surface area contributed by atoms with Gasteiger partial charge in [0, 0.05) is 12.8 Å². The van der Waals surface area contributed by atoms with Gasteiger partial charge in [-0.05, 0) is 38.5 Å². The van der Waals surface area contributed by atoms with Gasteiger partial charge in [0.1, 0.15) is 12.2 Å². The van der Waals surface area contributed by atoms with Crippen LogP contribution in [0.5, 0.6) is 0 Å². The molecule has 0 aliphatic heterocycles. The molecular formula is C26H49NO5. The number of carbonyl (C=O) groups excluding carboxylic acids is 3. The zero-order chi connectivity index (χ0) is 24.9. The highest BCUT2D eigenvalue weighted by Crippen LogP contribution is 2.23. The van der Waals surface area contributed by atoms with Crippen LogP contribution < -0.4 is 5.32 Å². The van der Waals surface area contributed by atoms with E-state index in [0.29, 0.717) is 6.42 Å². The molecule has 0 aromatic rings. The summed E-state index contributed by atoms with van der Waals surface area (Å²) in [6, 6.07) is -0.337. The summed E-state index contributed by atoms with van der Waals surface area (Å²) in [5.41, 5.74) is -0.879. The van der Waals surface area contributed by atoms with Gasteiger partial charge in [-0.2, -0.15) is 0 Å². The first-order chi connectivity index (χ1) is 14.6. The van der Waals surface area contributed by atoms with Gasteiger partial charge in [0.05, 0.1) is 12.5 Å². The van der Waals surface area contributed by atoms with Crippen LogP contribution in [-0.4, -0.2) is 36.1 Å². The molecule has 0 aromatic heterocycles. The van der Waals surface area contributed by atoms with E-state index in [-0.39, 0.29) is 42.3 Å². The van der Waals surface area contributed by atoms with Crippen molar-refractivity contribution in [3.8, 4) is 0 Å². The summed E-state index contributed by atoms with van der Waals surface area (Å²) >= 11 is 0. The minimum Gasteiger partial charge on any atom is -0.464 e. The van der Waals surface area contributed by atoms with E-state index in [0.717, 1.165) is 25.2 Å². The molecule has 0 bridgehead atoms. The van der Waals surface area contributed by atoms with E-state index >= 15 is 0 Å². The van der Waals surface area contributed by atoms with Gasteiger partial charge in [-0.3, -0.25) is 14.4 Å². The van der Waals surface area contributed by atoms with Crippen molar-refractivity contribution in [2.75, 3.05) is 6.61 Å². The maximum absolute atomic E-state index is 13.1. The number of carbonyl (C=O) groups is 3. The maximum Gasteiger partial charge on any atom is 0.307 e.